The summed E-state index contributed by atoms with van der Waals surface area (Å²) in [7, 11) is 1.51. The van der Waals surface area contributed by atoms with Gasteiger partial charge in [-0.1, -0.05) is 13.8 Å². The summed E-state index contributed by atoms with van der Waals surface area (Å²) in [6.07, 6.45) is 1.99. The van der Waals surface area contributed by atoms with Gasteiger partial charge in [0.25, 0.3) is 0 Å². The maximum atomic E-state index is 11.8. The summed E-state index contributed by atoms with van der Waals surface area (Å²) >= 11 is 0. The lowest BCUT2D eigenvalue weighted by molar-refractivity contribution is -0.143. The molecule has 7 nitrogen and oxygen atoms in total. The van der Waals surface area contributed by atoms with Crippen LogP contribution in [-0.4, -0.2) is 54.1 Å². The summed E-state index contributed by atoms with van der Waals surface area (Å²) in [5.74, 6) is -1.83. The van der Waals surface area contributed by atoms with E-state index in [-0.39, 0.29) is 31.0 Å². The van der Waals surface area contributed by atoms with Crippen LogP contribution in [0.5, 0.6) is 0 Å². The number of carboxylic acids is 1. The summed E-state index contributed by atoms with van der Waals surface area (Å²) in [6, 6.07) is -0.181. The first kappa shape index (κ1) is 16.3. The van der Waals surface area contributed by atoms with Crippen molar-refractivity contribution in [3.8, 4) is 0 Å². The van der Waals surface area contributed by atoms with Crippen LogP contribution in [0.1, 0.15) is 26.7 Å². The molecule has 0 heterocycles. The fraction of sp³-hybridized carbons (Fsp3) is 0.769. The van der Waals surface area contributed by atoms with Crippen LogP contribution in [0.3, 0.4) is 0 Å². The smallest absolute Gasteiger partial charge is 0.317 e. The SMILES string of the molecule is CC(C)C(CNC(=O)N(C)CC(=O)NC1CC1)C(=O)O. The normalized spacial score (nSPS) is 15.6. The average Bonchev–Trinajstić information content (AvgIpc) is 3.11. The topological polar surface area (TPSA) is 98.7 Å². The van der Waals surface area contributed by atoms with Crippen molar-refractivity contribution in [1.29, 1.82) is 0 Å². The number of carboxylic acid groups (broad SMARTS) is 1. The van der Waals surface area contributed by atoms with Gasteiger partial charge in [0.05, 0.1) is 5.92 Å². The average molecular weight is 285 g/mol. The molecule has 0 radical (unpaired) electrons. The molecule has 1 atom stereocenters. The summed E-state index contributed by atoms with van der Waals surface area (Å²) in [5.41, 5.74) is 0. The number of nitrogens with zero attached hydrogens (tertiary/aromatic N) is 1. The number of amides is 3. The highest BCUT2D eigenvalue weighted by atomic mass is 16.4. The number of carbonyl (C=O) groups is 3. The Hall–Kier alpha value is -1.79. The van der Waals surface area contributed by atoms with Crippen LogP contribution in [-0.2, 0) is 9.59 Å². The number of aliphatic carboxylic acids is 1. The Labute approximate surface area is 118 Å². The van der Waals surface area contributed by atoms with Crippen molar-refractivity contribution in [3.05, 3.63) is 0 Å². The van der Waals surface area contributed by atoms with Gasteiger partial charge in [-0.3, -0.25) is 9.59 Å². The number of urea groups is 1. The fourth-order valence-corrected chi connectivity index (χ4v) is 1.73. The van der Waals surface area contributed by atoms with E-state index in [1.807, 2.05) is 0 Å². The number of likely N-dealkylation sites (N-methyl/N-ethyl adjacent to an activating group) is 1. The molecule has 1 rings (SSSR count). The van der Waals surface area contributed by atoms with Gasteiger partial charge in [0, 0.05) is 19.6 Å². The molecule has 1 unspecified atom stereocenters. The fourth-order valence-electron chi connectivity index (χ4n) is 1.73. The molecule has 0 saturated heterocycles. The molecule has 0 aromatic rings. The minimum absolute atomic E-state index is 0.0260. The molecule has 0 aliphatic heterocycles. The number of nitrogens with one attached hydrogen (secondary N) is 2. The molecule has 1 saturated carbocycles. The van der Waals surface area contributed by atoms with Gasteiger partial charge in [0.15, 0.2) is 0 Å². The van der Waals surface area contributed by atoms with Gasteiger partial charge in [0.1, 0.15) is 6.54 Å². The van der Waals surface area contributed by atoms with E-state index in [1.54, 1.807) is 13.8 Å². The molecule has 1 aliphatic carbocycles. The van der Waals surface area contributed by atoms with Gasteiger partial charge in [-0.15, -0.1) is 0 Å². The third-order valence-electron chi connectivity index (χ3n) is 3.27. The lowest BCUT2D eigenvalue weighted by Crippen LogP contribution is -2.46. The minimum Gasteiger partial charge on any atom is -0.481 e. The molecule has 1 aliphatic rings. The van der Waals surface area contributed by atoms with E-state index in [0.717, 1.165) is 12.8 Å². The van der Waals surface area contributed by atoms with Crippen molar-refractivity contribution in [2.75, 3.05) is 20.1 Å². The Morgan fingerprint density at radius 1 is 1.30 bits per heavy atom. The zero-order chi connectivity index (χ0) is 15.3. The quantitative estimate of drug-likeness (QED) is 0.625. The first-order valence-electron chi connectivity index (χ1n) is 6.82. The highest BCUT2D eigenvalue weighted by molar-refractivity contribution is 5.84. The molecule has 7 heteroatoms. The van der Waals surface area contributed by atoms with E-state index in [2.05, 4.69) is 10.6 Å². The monoisotopic (exact) mass is 285 g/mol. The molecule has 3 N–H and O–H groups in total. The van der Waals surface area contributed by atoms with E-state index >= 15 is 0 Å². The van der Waals surface area contributed by atoms with Gasteiger partial charge >= 0.3 is 12.0 Å². The predicted molar refractivity (Wildman–Crippen MR) is 73.2 cm³/mol. The van der Waals surface area contributed by atoms with Crippen LogP contribution in [0.25, 0.3) is 0 Å². The number of rotatable bonds is 7. The molecular weight excluding hydrogens is 262 g/mol. The van der Waals surface area contributed by atoms with E-state index < -0.39 is 17.9 Å². The van der Waals surface area contributed by atoms with Crippen molar-refractivity contribution < 1.29 is 19.5 Å². The number of carbonyl (C=O) groups excluding carboxylic acids is 2. The second-order valence-corrected chi connectivity index (χ2v) is 5.57. The number of hydrogen-bond acceptors (Lipinski definition) is 3. The Morgan fingerprint density at radius 2 is 1.90 bits per heavy atom. The van der Waals surface area contributed by atoms with Crippen LogP contribution in [0.15, 0.2) is 0 Å². The largest absolute Gasteiger partial charge is 0.481 e. The van der Waals surface area contributed by atoms with E-state index in [0.29, 0.717) is 0 Å². The van der Waals surface area contributed by atoms with Crippen LogP contribution >= 0.6 is 0 Å². The second-order valence-electron chi connectivity index (χ2n) is 5.57. The summed E-state index contributed by atoms with van der Waals surface area (Å²) in [6.45, 7) is 3.61. The van der Waals surface area contributed by atoms with E-state index in [4.69, 9.17) is 5.11 Å². The van der Waals surface area contributed by atoms with Crippen molar-refractivity contribution in [3.63, 3.8) is 0 Å². The highest BCUT2D eigenvalue weighted by Gasteiger charge is 2.25. The van der Waals surface area contributed by atoms with Crippen LogP contribution in [0.2, 0.25) is 0 Å². The first-order chi connectivity index (χ1) is 9.31. The lowest BCUT2D eigenvalue weighted by Gasteiger charge is -2.21. The summed E-state index contributed by atoms with van der Waals surface area (Å²) in [4.78, 5) is 35.6. The first-order valence-corrected chi connectivity index (χ1v) is 6.82. The standard InChI is InChI=1S/C13H23N3O4/c1-8(2)10(12(18)19)6-14-13(20)16(3)7-11(17)15-9-4-5-9/h8-10H,4-7H2,1-3H3,(H,14,20)(H,15,17)(H,18,19). The third kappa shape index (κ3) is 5.46. The zero-order valence-corrected chi connectivity index (χ0v) is 12.2. The molecule has 1 fully saturated rings. The minimum atomic E-state index is -0.936. The van der Waals surface area contributed by atoms with Gasteiger partial charge in [-0.2, -0.15) is 0 Å². The van der Waals surface area contributed by atoms with E-state index in [1.165, 1.54) is 11.9 Å². The zero-order valence-electron chi connectivity index (χ0n) is 12.2. The number of hydrogen-bond donors (Lipinski definition) is 3. The summed E-state index contributed by atoms with van der Waals surface area (Å²) < 4.78 is 0. The molecule has 0 aromatic heterocycles. The Morgan fingerprint density at radius 3 is 2.35 bits per heavy atom. The van der Waals surface area contributed by atoms with Crippen LogP contribution in [0, 0.1) is 11.8 Å². The highest BCUT2D eigenvalue weighted by Crippen LogP contribution is 2.18. The predicted octanol–water partition coefficient (Wildman–Crippen LogP) is 0.263. The Kier molecular flexibility index (Phi) is 5.79. The van der Waals surface area contributed by atoms with Gasteiger partial charge in [0.2, 0.25) is 5.91 Å². The molecule has 0 aromatic carbocycles. The molecule has 114 valence electrons. The molecule has 3 amide bonds. The van der Waals surface area contributed by atoms with Gasteiger partial charge < -0.3 is 20.6 Å². The second kappa shape index (κ2) is 7.12. The molecular formula is C13H23N3O4. The van der Waals surface area contributed by atoms with Crippen molar-refractivity contribution >= 4 is 17.9 Å². The Balaban J connectivity index is 2.32. The van der Waals surface area contributed by atoms with Crippen molar-refractivity contribution in [1.82, 2.24) is 15.5 Å². The van der Waals surface area contributed by atoms with Crippen molar-refractivity contribution in [2.24, 2.45) is 11.8 Å². The van der Waals surface area contributed by atoms with Crippen LogP contribution < -0.4 is 10.6 Å². The maximum absolute atomic E-state index is 11.8. The molecule has 0 spiro atoms. The molecule has 20 heavy (non-hydrogen) atoms. The van der Waals surface area contributed by atoms with Gasteiger partial charge in [-0.25, -0.2) is 4.79 Å². The molecule has 0 bridgehead atoms. The maximum Gasteiger partial charge on any atom is 0.317 e. The lowest BCUT2D eigenvalue weighted by atomic mass is 9.96. The van der Waals surface area contributed by atoms with Crippen molar-refractivity contribution in [2.45, 2.75) is 32.7 Å². The van der Waals surface area contributed by atoms with E-state index in [9.17, 15) is 14.4 Å². The summed E-state index contributed by atoms with van der Waals surface area (Å²) in [5, 5.41) is 14.3. The van der Waals surface area contributed by atoms with Gasteiger partial charge in [-0.05, 0) is 18.8 Å². The Bertz CT molecular complexity index is 380. The third-order valence-corrected chi connectivity index (χ3v) is 3.27. The van der Waals surface area contributed by atoms with Crippen LogP contribution in [0.4, 0.5) is 4.79 Å².